The Hall–Kier alpha value is -0.560. The maximum Gasteiger partial charge on any atom is 0.117 e. The van der Waals surface area contributed by atoms with Crippen LogP contribution in [0.15, 0.2) is 24.3 Å². The summed E-state index contributed by atoms with van der Waals surface area (Å²) >= 11 is 0. The number of hydrogen-bond donors (Lipinski definition) is 0. The van der Waals surface area contributed by atoms with Gasteiger partial charge in [-0.3, -0.25) is 0 Å². The molecule has 0 amide bonds. The molecule has 9 heavy (non-hydrogen) atoms. The first-order chi connectivity index (χ1) is 4.04. The van der Waals surface area contributed by atoms with E-state index in [4.69, 9.17) is 0 Å². The number of hydrogen-bond acceptors (Lipinski definition) is 0. The predicted octanol–water partition coefficient (Wildman–Crippen LogP) is 2.33. The first-order valence-corrected chi connectivity index (χ1v) is 2.99. The van der Waals surface area contributed by atoms with Gasteiger partial charge in [-0.1, -0.05) is 12.2 Å². The fraction of sp³-hybridized carbons (Fsp3) is 0.500. The second kappa shape index (κ2) is 3.46. The molecule has 1 radical (unpaired) electrons. The van der Waals surface area contributed by atoms with E-state index in [1.54, 1.807) is 6.92 Å². The zero-order chi connectivity index (χ0) is 7.44. The highest BCUT2D eigenvalue weighted by atomic mass is 16.3. The van der Waals surface area contributed by atoms with Crippen LogP contribution in [0, 0.1) is 0 Å². The third kappa shape index (κ3) is 3.98. The van der Waals surface area contributed by atoms with Crippen molar-refractivity contribution in [2.75, 3.05) is 0 Å². The minimum Gasteiger partial charge on any atom is -0.228 e. The van der Waals surface area contributed by atoms with Gasteiger partial charge in [0, 0.05) is 6.42 Å². The van der Waals surface area contributed by atoms with Crippen LogP contribution in [0.1, 0.15) is 20.3 Å². The zero-order valence-electron chi connectivity index (χ0n) is 6.11. The van der Waals surface area contributed by atoms with Crippen LogP contribution >= 0.6 is 0 Å². The molecule has 0 aromatic carbocycles. The summed E-state index contributed by atoms with van der Waals surface area (Å²) in [4.78, 5) is 0. The first-order valence-electron chi connectivity index (χ1n) is 2.99. The van der Waals surface area contributed by atoms with Crippen LogP contribution in [-0.4, -0.2) is 6.10 Å². The molecule has 0 heterocycles. The van der Waals surface area contributed by atoms with E-state index < -0.39 is 6.10 Å². The topological polar surface area (TPSA) is 19.9 Å². The SMILES string of the molecule is C=C(C)CC([O])C(=C)C. The molecular weight excluding hydrogens is 112 g/mol. The molecule has 0 rings (SSSR count). The van der Waals surface area contributed by atoms with Crippen LogP contribution in [0.2, 0.25) is 0 Å². The summed E-state index contributed by atoms with van der Waals surface area (Å²) in [5.74, 6) is 0. The van der Waals surface area contributed by atoms with E-state index in [-0.39, 0.29) is 0 Å². The summed E-state index contributed by atoms with van der Waals surface area (Å²) in [5.41, 5.74) is 1.62. The maximum absolute atomic E-state index is 10.9. The highest BCUT2D eigenvalue weighted by Gasteiger charge is 2.04. The lowest BCUT2D eigenvalue weighted by molar-refractivity contribution is 0.120. The van der Waals surface area contributed by atoms with Crippen molar-refractivity contribution in [2.24, 2.45) is 0 Å². The van der Waals surface area contributed by atoms with Crippen molar-refractivity contribution in [3.63, 3.8) is 0 Å². The smallest absolute Gasteiger partial charge is 0.117 e. The summed E-state index contributed by atoms with van der Waals surface area (Å²) in [6.07, 6.45) is -0.127. The van der Waals surface area contributed by atoms with Gasteiger partial charge in [-0.15, -0.1) is 6.58 Å². The van der Waals surface area contributed by atoms with E-state index in [0.29, 0.717) is 12.0 Å². The number of rotatable bonds is 3. The summed E-state index contributed by atoms with van der Waals surface area (Å²) in [6.45, 7) is 10.8. The van der Waals surface area contributed by atoms with E-state index >= 15 is 0 Å². The van der Waals surface area contributed by atoms with Gasteiger partial charge in [0.1, 0.15) is 6.10 Å². The fourth-order valence-electron chi connectivity index (χ4n) is 0.491. The minimum absolute atomic E-state index is 0.523. The van der Waals surface area contributed by atoms with Crippen molar-refractivity contribution in [1.82, 2.24) is 0 Å². The van der Waals surface area contributed by atoms with Gasteiger partial charge in [0.25, 0.3) is 0 Å². The maximum atomic E-state index is 10.9. The van der Waals surface area contributed by atoms with Crippen LogP contribution < -0.4 is 0 Å². The van der Waals surface area contributed by atoms with Crippen molar-refractivity contribution in [3.05, 3.63) is 24.3 Å². The average Bonchev–Trinajstić information content (AvgIpc) is 1.63. The van der Waals surface area contributed by atoms with E-state index in [1.807, 2.05) is 6.92 Å². The van der Waals surface area contributed by atoms with E-state index in [9.17, 15) is 5.11 Å². The standard InChI is InChI=1S/C8H13O/c1-6(2)5-8(9)7(3)4/h8H,1,3,5H2,2,4H3. The predicted molar refractivity (Wildman–Crippen MR) is 38.7 cm³/mol. The summed E-state index contributed by atoms with van der Waals surface area (Å²) in [7, 11) is 0. The van der Waals surface area contributed by atoms with Crippen molar-refractivity contribution >= 4 is 0 Å². The van der Waals surface area contributed by atoms with Crippen molar-refractivity contribution in [1.29, 1.82) is 0 Å². The average molecular weight is 125 g/mol. The van der Waals surface area contributed by atoms with Crippen molar-refractivity contribution in [3.8, 4) is 0 Å². The molecule has 0 N–H and O–H groups in total. The minimum atomic E-state index is -0.650. The lowest BCUT2D eigenvalue weighted by atomic mass is 10.1. The van der Waals surface area contributed by atoms with Crippen molar-refractivity contribution in [2.45, 2.75) is 26.4 Å². The molecule has 0 saturated carbocycles. The van der Waals surface area contributed by atoms with Crippen LogP contribution in [0.25, 0.3) is 0 Å². The summed E-state index contributed by atoms with van der Waals surface area (Å²) in [6, 6.07) is 0. The second-order valence-electron chi connectivity index (χ2n) is 2.50. The van der Waals surface area contributed by atoms with Gasteiger partial charge in [-0.05, 0) is 19.4 Å². The van der Waals surface area contributed by atoms with E-state index in [2.05, 4.69) is 13.2 Å². The molecule has 0 aliphatic heterocycles. The second-order valence-corrected chi connectivity index (χ2v) is 2.50. The van der Waals surface area contributed by atoms with Crippen LogP contribution in [-0.2, 0) is 5.11 Å². The monoisotopic (exact) mass is 125 g/mol. The Bertz CT molecular complexity index is 125. The Kier molecular flexibility index (Phi) is 3.25. The fourth-order valence-corrected chi connectivity index (χ4v) is 0.491. The third-order valence-corrected chi connectivity index (χ3v) is 1.08. The molecule has 0 bridgehead atoms. The van der Waals surface area contributed by atoms with Gasteiger partial charge < -0.3 is 0 Å². The van der Waals surface area contributed by atoms with Gasteiger partial charge in [0.2, 0.25) is 0 Å². The molecular formula is C8H13O. The Morgan fingerprint density at radius 3 is 2.00 bits per heavy atom. The van der Waals surface area contributed by atoms with E-state index in [0.717, 1.165) is 5.57 Å². The largest absolute Gasteiger partial charge is 0.228 e. The van der Waals surface area contributed by atoms with Crippen LogP contribution in [0.4, 0.5) is 0 Å². The Morgan fingerprint density at radius 1 is 1.44 bits per heavy atom. The molecule has 0 fully saturated rings. The third-order valence-electron chi connectivity index (χ3n) is 1.08. The lowest BCUT2D eigenvalue weighted by Crippen LogP contribution is -2.04. The van der Waals surface area contributed by atoms with Crippen LogP contribution in [0.3, 0.4) is 0 Å². The zero-order valence-corrected chi connectivity index (χ0v) is 6.11. The van der Waals surface area contributed by atoms with Gasteiger partial charge in [0.05, 0.1) is 0 Å². The molecule has 0 aliphatic carbocycles. The molecule has 0 spiro atoms. The molecule has 1 nitrogen and oxygen atoms in total. The molecule has 1 atom stereocenters. The van der Waals surface area contributed by atoms with E-state index in [1.165, 1.54) is 0 Å². The lowest BCUT2D eigenvalue weighted by Gasteiger charge is -2.05. The van der Waals surface area contributed by atoms with Gasteiger partial charge in [-0.25, -0.2) is 5.11 Å². The molecule has 1 unspecified atom stereocenters. The van der Waals surface area contributed by atoms with Gasteiger partial charge >= 0.3 is 0 Å². The molecule has 1 heteroatoms. The Balaban J connectivity index is 3.63. The summed E-state index contributed by atoms with van der Waals surface area (Å²) in [5, 5.41) is 10.9. The normalized spacial score (nSPS) is 12.8. The molecule has 0 aliphatic rings. The first kappa shape index (κ1) is 8.44. The quantitative estimate of drug-likeness (QED) is 0.516. The highest BCUT2D eigenvalue weighted by molar-refractivity contribution is 5.03. The highest BCUT2D eigenvalue weighted by Crippen LogP contribution is 2.08. The molecule has 51 valence electrons. The molecule has 0 saturated heterocycles. The molecule has 0 aromatic heterocycles. The summed E-state index contributed by atoms with van der Waals surface area (Å²) < 4.78 is 0. The van der Waals surface area contributed by atoms with Gasteiger partial charge in [-0.2, -0.15) is 0 Å². The van der Waals surface area contributed by atoms with Crippen molar-refractivity contribution < 1.29 is 5.11 Å². The Morgan fingerprint density at radius 2 is 1.89 bits per heavy atom. The van der Waals surface area contributed by atoms with Crippen LogP contribution in [0.5, 0.6) is 0 Å². The Labute approximate surface area is 56.7 Å². The molecule has 0 aromatic rings. The van der Waals surface area contributed by atoms with Gasteiger partial charge in [0.15, 0.2) is 0 Å².